The van der Waals surface area contributed by atoms with Crippen molar-refractivity contribution in [1.82, 2.24) is 29.7 Å². The molecule has 0 saturated carbocycles. The predicted octanol–water partition coefficient (Wildman–Crippen LogP) is 10.1. The maximum absolute atomic E-state index is 13.4. The molecule has 9 heteroatoms. The van der Waals surface area contributed by atoms with Crippen molar-refractivity contribution in [2.75, 3.05) is 20.2 Å². The second kappa shape index (κ2) is 18.8. The van der Waals surface area contributed by atoms with E-state index in [0.29, 0.717) is 36.5 Å². The molecule has 0 aliphatic heterocycles. The third-order valence-corrected chi connectivity index (χ3v) is 10.9. The zero-order valence-electron chi connectivity index (χ0n) is 34.2. The molecule has 7 rings (SSSR count). The van der Waals surface area contributed by atoms with E-state index in [2.05, 4.69) is 95.3 Å². The Morgan fingerprint density at radius 1 is 0.707 bits per heavy atom. The first kappa shape index (κ1) is 40.0. The highest BCUT2D eigenvalue weighted by molar-refractivity contribution is 6.01. The molecular formula is C49H54N6O3. The molecule has 58 heavy (non-hydrogen) atoms. The van der Waals surface area contributed by atoms with Crippen LogP contribution >= 0.6 is 0 Å². The molecule has 0 spiro atoms. The Balaban J connectivity index is 0.933. The number of nitrogens with one attached hydrogen (secondary N) is 2. The number of carbonyl (C=O) groups is 2. The van der Waals surface area contributed by atoms with Gasteiger partial charge in [-0.25, -0.2) is 9.97 Å². The van der Waals surface area contributed by atoms with Gasteiger partial charge in [-0.2, -0.15) is 0 Å². The molecule has 2 heterocycles. The maximum Gasteiger partial charge on any atom is 0.251 e. The molecule has 0 bridgehead atoms. The number of benzene rings is 5. The zero-order valence-corrected chi connectivity index (χ0v) is 34.2. The molecule has 0 aliphatic carbocycles. The molecule has 0 fully saturated rings. The number of para-hydroxylation sites is 2. The second-order valence-electron chi connectivity index (χ2n) is 15.1. The molecule has 0 aliphatic rings. The van der Waals surface area contributed by atoms with Gasteiger partial charge in [0.2, 0.25) is 0 Å². The summed E-state index contributed by atoms with van der Waals surface area (Å²) in [6.07, 6.45) is 8.07. The minimum absolute atomic E-state index is 0.0488. The highest BCUT2D eigenvalue weighted by Crippen LogP contribution is 2.31. The normalized spacial score (nSPS) is 11.3. The number of methoxy groups -OCH3 is 1. The van der Waals surface area contributed by atoms with Crippen molar-refractivity contribution in [3.63, 3.8) is 0 Å². The summed E-state index contributed by atoms with van der Waals surface area (Å²) in [5.74, 6) is 2.58. The van der Waals surface area contributed by atoms with Crippen molar-refractivity contribution in [3.8, 4) is 28.3 Å². The lowest BCUT2D eigenvalue weighted by atomic mass is 9.98. The summed E-state index contributed by atoms with van der Waals surface area (Å²) in [6.45, 7) is 6.33. The summed E-state index contributed by atoms with van der Waals surface area (Å²) in [7, 11) is 3.68. The van der Waals surface area contributed by atoms with Gasteiger partial charge in [-0.3, -0.25) is 9.59 Å². The highest BCUT2D eigenvalue weighted by Gasteiger charge is 2.18. The maximum atomic E-state index is 13.4. The largest absolute Gasteiger partial charge is 0.497 e. The van der Waals surface area contributed by atoms with E-state index >= 15 is 0 Å². The fourth-order valence-electron chi connectivity index (χ4n) is 7.79. The molecule has 0 atom stereocenters. The van der Waals surface area contributed by atoms with Crippen LogP contribution < -0.4 is 15.4 Å². The van der Waals surface area contributed by atoms with Crippen LogP contribution in [0, 0.1) is 6.92 Å². The van der Waals surface area contributed by atoms with E-state index in [1.54, 1.807) is 19.2 Å². The van der Waals surface area contributed by atoms with Crippen molar-refractivity contribution in [3.05, 3.63) is 137 Å². The minimum atomic E-state index is -0.0750. The van der Waals surface area contributed by atoms with E-state index in [4.69, 9.17) is 14.7 Å². The van der Waals surface area contributed by atoms with Crippen LogP contribution in [0.4, 0.5) is 0 Å². The topological polar surface area (TPSA) is 103 Å². The Morgan fingerprint density at radius 2 is 1.41 bits per heavy atom. The van der Waals surface area contributed by atoms with Gasteiger partial charge in [-0.15, -0.1) is 0 Å². The van der Waals surface area contributed by atoms with Crippen LogP contribution in [-0.2, 0) is 20.0 Å². The molecule has 298 valence electrons. The molecule has 2 N–H and O–H groups in total. The fourth-order valence-corrected chi connectivity index (χ4v) is 7.79. The molecule has 7 aromatic rings. The van der Waals surface area contributed by atoms with Crippen LogP contribution in [0.1, 0.15) is 89.5 Å². The van der Waals surface area contributed by atoms with Crippen LogP contribution in [0.2, 0.25) is 0 Å². The molecule has 0 unspecified atom stereocenters. The van der Waals surface area contributed by atoms with E-state index < -0.39 is 0 Å². The SMILES string of the molecule is CCCc1nc2c(C)cc(-c3nc4ccccc4n3C)cc2n1Cc1ccc(-c2ccccc2C(=O)NCCCCCCCCNC(=O)c2cccc(OC)c2)cc1. The highest BCUT2D eigenvalue weighted by atomic mass is 16.5. The molecule has 5 aromatic carbocycles. The first-order valence-corrected chi connectivity index (χ1v) is 20.6. The lowest BCUT2D eigenvalue weighted by Crippen LogP contribution is -2.25. The van der Waals surface area contributed by atoms with Gasteiger partial charge in [0, 0.05) is 49.8 Å². The first-order chi connectivity index (χ1) is 28.3. The van der Waals surface area contributed by atoms with Gasteiger partial charge in [0.1, 0.15) is 17.4 Å². The Labute approximate surface area is 341 Å². The predicted molar refractivity (Wildman–Crippen MR) is 235 cm³/mol. The Kier molecular flexibility index (Phi) is 13.0. The number of carbonyl (C=O) groups excluding carboxylic acids is 2. The summed E-state index contributed by atoms with van der Waals surface area (Å²) < 4.78 is 9.74. The summed E-state index contributed by atoms with van der Waals surface area (Å²) >= 11 is 0. The lowest BCUT2D eigenvalue weighted by molar-refractivity contribution is 0.0944. The first-order valence-electron chi connectivity index (χ1n) is 20.6. The van der Waals surface area contributed by atoms with Crippen LogP contribution in [0.25, 0.3) is 44.6 Å². The third kappa shape index (κ3) is 9.15. The van der Waals surface area contributed by atoms with E-state index in [1.807, 2.05) is 42.5 Å². The number of hydrogen-bond acceptors (Lipinski definition) is 5. The number of ether oxygens (including phenoxy) is 1. The number of hydrogen-bond donors (Lipinski definition) is 2. The van der Waals surface area contributed by atoms with E-state index in [0.717, 1.165) is 107 Å². The van der Waals surface area contributed by atoms with Crippen molar-refractivity contribution in [2.24, 2.45) is 7.05 Å². The summed E-state index contributed by atoms with van der Waals surface area (Å²) in [5, 5.41) is 6.15. The van der Waals surface area contributed by atoms with Gasteiger partial charge >= 0.3 is 0 Å². The van der Waals surface area contributed by atoms with E-state index in [9.17, 15) is 9.59 Å². The van der Waals surface area contributed by atoms with E-state index in [-0.39, 0.29) is 11.8 Å². The number of rotatable bonds is 18. The minimum Gasteiger partial charge on any atom is -0.497 e. The number of amides is 2. The Bertz CT molecular complexity index is 2510. The third-order valence-electron chi connectivity index (χ3n) is 10.9. The monoisotopic (exact) mass is 774 g/mol. The molecule has 0 saturated heterocycles. The Morgan fingerprint density at radius 3 is 2.16 bits per heavy atom. The van der Waals surface area contributed by atoms with Crippen molar-refractivity contribution < 1.29 is 14.3 Å². The van der Waals surface area contributed by atoms with Crippen molar-refractivity contribution in [1.29, 1.82) is 0 Å². The van der Waals surface area contributed by atoms with E-state index in [1.165, 1.54) is 5.56 Å². The van der Waals surface area contributed by atoms with Gasteiger partial charge in [-0.05, 0) is 97.0 Å². The van der Waals surface area contributed by atoms with Crippen LogP contribution in [0.15, 0.2) is 109 Å². The van der Waals surface area contributed by atoms with Crippen LogP contribution in [0.5, 0.6) is 5.75 Å². The quantitative estimate of drug-likeness (QED) is 0.0846. The molecule has 2 amide bonds. The summed E-state index contributed by atoms with van der Waals surface area (Å²) in [5.41, 5.74) is 10.9. The van der Waals surface area contributed by atoms with Gasteiger partial charge < -0.3 is 24.5 Å². The summed E-state index contributed by atoms with van der Waals surface area (Å²) in [4.78, 5) is 35.9. The number of fused-ring (bicyclic) bond motifs is 2. The van der Waals surface area contributed by atoms with Crippen LogP contribution in [0.3, 0.4) is 0 Å². The van der Waals surface area contributed by atoms with Gasteiger partial charge in [0.05, 0.1) is 29.2 Å². The van der Waals surface area contributed by atoms with Gasteiger partial charge in [0.25, 0.3) is 11.8 Å². The number of unbranched alkanes of at least 4 members (excludes halogenated alkanes) is 5. The van der Waals surface area contributed by atoms with Gasteiger partial charge in [-0.1, -0.05) is 93.3 Å². The van der Waals surface area contributed by atoms with Crippen molar-refractivity contribution >= 4 is 33.9 Å². The molecule has 0 radical (unpaired) electrons. The molecule has 2 aromatic heterocycles. The average Bonchev–Trinajstić information content (AvgIpc) is 3.78. The summed E-state index contributed by atoms with van der Waals surface area (Å²) in [6, 6.07) is 36.3. The average molecular weight is 775 g/mol. The standard InChI is InChI=1S/C49H54N6O3/c1-5-17-45-53-46-34(2)30-38(47-52-42-22-12-13-23-43(42)54(47)3)32-44(46)55(45)33-35-24-26-36(27-25-35)40-20-10-11-21-41(40)49(57)51-29-15-9-7-6-8-14-28-50-48(56)37-18-16-19-39(31-37)58-4/h10-13,16,18-27,30-32H,5-9,14-15,17,28-29,33H2,1-4H3,(H,50,56)(H,51,57). The number of imidazole rings is 2. The number of nitrogens with zero attached hydrogens (tertiary/aromatic N) is 4. The van der Waals surface area contributed by atoms with Gasteiger partial charge in [0.15, 0.2) is 0 Å². The smallest absolute Gasteiger partial charge is 0.251 e. The second-order valence-corrected chi connectivity index (χ2v) is 15.1. The molecular weight excluding hydrogens is 721 g/mol. The fraction of sp³-hybridized carbons (Fsp3) is 0.306. The molecule has 9 nitrogen and oxygen atoms in total. The number of aryl methyl sites for hydroxylation is 3. The van der Waals surface area contributed by atoms with Crippen LogP contribution in [-0.4, -0.2) is 51.1 Å². The zero-order chi connectivity index (χ0) is 40.4. The lowest BCUT2D eigenvalue weighted by Gasteiger charge is -2.13. The Hall–Kier alpha value is -6.22. The number of aromatic nitrogens is 4. The van der Waals surface area contributed by atoms with Crippen molar-refractivity contribution in [2.45, 2.75) is 71.8 Å².